The van der Waals surface area contributed by atoms with Crippen molar-refractivity contribution in [1.82, 2.24) is 5.32 Å². The number of quaternary nitrogens is 1. The summed E-state index contributed by atoms with van der Waals surface area (Å²) in [6.07, 6.45) is 3.13. The fourth-order valence-electron chi connectivity index (χ4n) is 4.96. The van der Waals surface area contributed by atoms with Crippen molar-refractivity contribution >= 4 is 11.6 Å². The second-order valence-electron chi connectivity index (χ2n) is 8.64. The normalized spacial score (nSPS) is 25.8. The molecule has 0 saturated carbocycles. The van der Waals surface area contributed by atoms with E-state index in [1.807, 2.05) is 0 Å². The summed E-state index contributed by atoms with van der Waals surface area (Å²) in [6, 6.07) is 8.94. The molecular formula is C24H30F2N3O3+. The van der Waals surface area contributed by atoms with Gasteiger partial charge in [0.15, 0.2) is 11.6 Å². The Morgan fingerprint density at radius 2 is 1.88 bits per heavy atom. The third kappa shape index (κ3) is 4.42. The summed E-state index contributed by atoms with van der Waals surface area (Å²) in [5.74, 6) is -0.964. The molecule has 2 aromatic carbocycles. The van der Waals surface area contributed by atoms with E-state index in [0.29, 0.717) is 53.2 Å². The molecule has 2 saturated heterocycles. The Morgan fingerprint density at radius 1 is 1.09 bits per heavy atom. The molecule has 0 bridgehead atoms. The summed E-state index contributed by atoms with van der Waals surface area (Å²) >= 11 is 0. The number of amides is 1. The van der Waals surface area contributed by atoms with Crippen molar-refractivity contribution in [3.05, 3.63) is 53.6 Å². The van der Waals surface area contributed by atoms with Crippen LogP contribution < -0.4 is 20.5 Å². The van der Waals surface area contributed by atoms with Crippen LogP contribution in [0.3, 0.4) is 0 Å². The van der Waals surface area contributed by atoms with Crippen molar-refractivity contribution in [3.8, 4) is 11.5 Å². The smallest absolute Gasteiger partial charge is 0.346 e. The predicted octanol–water partition coefficient (Wildman–Crippen LogP) is 3.51. The Kier molecular flexibility index (Phi) is 6.62. The maximum absolute atomic E-state index is 13.9. The molecule has 0 aromatic heterocycles. The predicted molar refractivity (Wildman–Crippen MR) is 118 cm³/mol. The van der Waals surface area contributed by atoms with Crippen LogP contribution in [-0.4, -0.2) is 55.8 Å². The topological polar surface area (TPSA) is 73.6 Å². The first-order chi connectivity index (χ1) is 15.4. The molecule has 6 nitrogen and oxygen atoms in total. The van der Waals surface area contributed by atoms with E-state index in [4.69, 9.17) is 15.2 Å². The molecule has 32 heavy (non-hydrogen) atoms. The van der Waals surface area contributed by atoms with Gasteiger partial charge < -0.3 is 20.5 Å². The first-order valence-corrected chi connectivity index (χ1v) is 11.1. The third-order valence-electron chi connectivity index (χ3n) is 6.75. The lowest BCUT2D eigenvalue weighted by molar-refractivity contribution is -0.880. The van der Waals surface area contributed by atoms with E-state index in [1.165, 1.54) is 13.2 Å². The highest BCUT2D eigenvalue weighted by Crippen LogP contribution is 2.33. The van der Waals surface area contributed by atoms with Gasteiger partial charge in [-0.2, -0.15) is 0 Å². The Labute approximate surface area is 186 Å². The molecule has 1 amide bonds. The lowest BCUT2D eigenvalue weighted by atomic mass is 9.94. The van der Waals surface area contributed by atoms with Gasteiger partial charge in [-0.1, -0.05) is 0 Å². The first kappa shape index (κ1) is 22.5. The van der Waals surface area contributed by atoms with Gasteiger partial charge in [-0.25, -0.2) is 13.6 Å². The van der Waals surface area contributed by atoms with Gasteiger partial charge in [0, 0.05) is 31.9 Å². The minimum atomic E-state index is -0.927. The zero-order chi connectivity index (χ0) is 22.7. The van der Waals surface area contributed by atoms with Crippen molar-refractivity contribution in [2.24, 2.45) is 0 Å². The van der Waals surface area contributed by atoms with Gasteiger partial charge in [-0.05, 0) is 43.3 Å². The molecule has 4 rings (SSSR count). The molecule has 3 N–H and O–H groups in total. The van der Waals surface area contributed by atoms with Crippen molar-refractivity contribution in [2.75, 3.05) is 39.0 Å². The molecule has 2 heterocycles. The van der Waals surface area contributed by atoms with Crippen LogP contribution in [0.25, 0.3) is 0 Å². The molecule has 0 aliphatic carbocycles. The molecule has 2 fully saturated rings. The molecule has 8 heteroatoms. The SMILES string of the molecule is COc1cc(C(=O)[N+]2(C3CCCNC3)CCC(Oc3ccc(F)c(F)c3)CC2)ccc1N. The highest BCUT2D eigenvalue weighted by atomic mass is 19.2. The monoisotopic (exact) mass is 446 g/mol. The molecule has 172 valence electrons. The largest absolute Gasteiger partial charge is 0.495 e. The summed E-state index contributed by atoms with van der Waals surface area (Å²) in [7, 11) is 1.54. The number of anilines is 1. The van der Waals surface area contributed by atoms with E-state index < -0.39 is 11.6 Å². The summed E-state index contributed by atoms with van der Waals surface area (Å²) in [6.45, 7) is 2.98. The van der Waals surface area contributed by atoms with Gasteiger partial charge in [-0.15, -0.1) is 0 Å². The number of halogens is 2. The molecule has 0 spiro atoms. The number of ether oxygens (including phenoxy) is 2. The Morgan fingerprint density at radius 3 is 2.53 bits per heavy atom. The summed E-state index contributed by atoms with van der Waals surface area (Å²) in [5, 5.41) is 3.44. The quantitative estimate of drug-likeness (QED) is 0.543. The van der Waals surface area contributed by atoms with Gasteiger partial charge >= 0.3 is 5.91 Å². The van der Waals surface area contributed by atoms with E-state index in [2.05, 4.69) is 5.32 Å². The van der Waals surface area contributed by atoms with Crippen LogP contribution in [0.15, 0.2) is 36.4 Å². The Bertz CT molecular complexity index is 971. The average molecular weight is 447 g/mol. The van der Waals surface area contributed by atoms with Gasteiger partial charge in [0.1, 0.15) is 23.6 Å². The van der Waals surface area contributed by atoms with Crippen LogP contribution in [0.4, 0.5) is 14.5 Å². The van der Waals surface area contributed by atoms with Gasteiger partial charge in [0.25, 0.3) is 0 Å². The van der Waals surface area contributed by atoms with Crippen LogP contribution in [0, 0.1) is 11.6 Å². The fraction of sp³-hybridized carbons (Fsp3) is 0.458. The molecule has 1 unspecified atom stereocenters. The number of nitrogens with zero attached hydrogens (tertiary/aromatic N) is 1. The molecule has 1 atom stereocenters. The lowest BCUT2D eigenvalue weighted by Gasteiger charge is -2.47. The molecular weight excluding hydrogens is 416 g/mol. The van der Waals surface area contributed by atoms with E-state index in [-0.39, 0.29) is 18.1 Å². The number of piperidine rings is 2. The summed E-state index contributed by atoms with van der Waals surface area (Å²) in [5.41, 5.74) is 7.03. The number of carbonyl (C=O) groups is 1. The fourth-order valence-corrected chi connectivity index (χ4v) is 4.96. The van der Waals surface area contributed by atoms with Crippen molar-refractivity contribution in [2.45, 2.75) is 37.8 Å². The van der Waals surface area contributed by atoms with E-state index in [0.717, 1.165) is 38.1 Å². The maximum Gasteiger partial charge on any atom is 0.346 e. The first-order valence-electron chi connectivity index (χ1n) is 11.1. The van der Waals surface area contributed by atoms with Crippen LogP contribution in [-0.2, 0) is 0 Å². The van der Waals surface area contributed by atoms with Gasteiger partial charge in [0.05, 0.1) is 31.5 Å². The Balaban J connectivity index is 1.55. The van der Waals surface area contributed by atoms with Crippen molar-refractivity contribution < 1.29 is 27.5 Å². The lowest BCUT2D eigenvalue weighted by Crippen LogP contribution is -2.66. The van der Waals surface area contributed by atoms with Crippen LogP contribution in [0.2, 0.25) is 0 Å². The minimum Gasteiger partial charge on any atom is -0.495 e. The van der Waals surface area contributed by atoms with E-state index in [1.54, 1.807) is 18.2 Å². The molecule has 2 aromatic rings. The second kappa shape index (κ2) is 9.42. The summed E-state index contributed by atoms with van der Waals surface area (Å²) in [4.78, 5) is 13.9. The average Bonchev–Trinajstić information content (AvgIpc) is 2.82. The number of hydrogen-bond donors (Lipinski definition) is 2. The standard InChI is InChI=1S/C24H29F2N3O3/c1-31-23-13-16(4-7-22(23)27)24(30)29(17-3-2-10-28-15-17)11-8-18(9-12-29)32-19-5-6-20(25)21(26)14-19/h4-7,13-14,17-18,28H,2-3,8-12,15H2,1H3,(H-,27,30)/p+1. The zero-order valence-corrected chi connectivity index (χ0v) is 18.3. The van der Waals surface area contributed by atoms with Crippen LogP contribution in [0.1, 0.15) is 36.0 Å². The number of methoxy groups -OCH3 is 1. The van der Waals surface area contributed by atoms with E-state index >= 15 is 0 Å². The van der Waals surface area contributed by atoms with Crippen LogP contribution in [0.5, 0.6) is 11.5 Å². The number of carbonyl (C=O) groups excluding carboxylic acids is 1. The highest BCUT2D eigenvalue weighted by molar-refractivity contribution is 5.90. The molecule has 2 aliphatic heterocycles. The number of nitrogens with one attached hydrogen (secondary N) is 1. The summed E-state index contributed by atoms with van der Waals surface area (Å²) < 4.78 is 38.4. The number of nitrogen functional groups attached to an aromatic ring is 1. The number of likely N-dealkylation sites (tertiary alicyclic amines) is 1. The molecule has 0 radical (unpaired) electrons. The van der Waals surface area contributed by atoms with Crippen molar-refractivity contribution in [3.63, 3.8) is 0 Å². The minimum absolute atomic E-state index is 0.0586. The number of rotatable bonds is 5. The van der Waals surface area contributed by atoms with Gasteiger partial charge in [-0.3, -0.25) is 4.48 Å². The number of hydrogen-bond acceptors (Lipinski definition) is 5. The van der Waals surface area contributed by atoms with E-state index in [9.17, 15) is 13.6 Å². The van der Waals surface area contributed by atoms with Crippen molar-refractivity contribution in [1.29, 1.82) is 0 Å². The number of nitrogens with two attached hydrogens (primary N) is 1. The second-order valence-corrected chi connectivity index (χ2v) is 8.64. The van der Waals surface area contributed by atoms with Gasteiger partial charge in [0.2, 0.25) is 0 Å². The molecule has 2 aliphatic rings. The van der Waals surface area contributed by atoms with Crippen LogP contribution >= 0.6 is 0 Å². The third-order valence-corrected chi connectivity index (χ3v) is 6.75. The number of benzene rings is 2. The zero-order valence-electron chi connectivity index (χ0n) is 18.3. The Hall–Kier alpha value is -2.71. The highest BCUT2D eigenvalue weighted by Gasteiger charge is 2.48. The maximum atomic E-state index is 13.9.